The third-order valence-electron chi connectivity index (χ3n) is 2.00. The van der Waals surface area contributed by atoms with Gasteiger partial charge in [0, 0.05) is 17.8 Å². The maximum atomic E-state index is 11.8. The van der Waals surface area contributed by atoms with Crippen LogP contribution in [0.25, 0.3) is 0 Å². The van der Waals surface area contributed by atoms with Crippen molar-refractivity contribution in [2.75, 3.05) is 5.75 Å². The van der Waals surface area contributed by atoms with Crippen molar-refractivity contribution in [3.63, 3.8) is 0 Å². The molecule has 1 atom stereocenters. The van der Waals surface area contributed by atoms with Gasteiger partial charge in [-0.2, -0.15) is 5.10 Å². The van der Waals surface area contributed by atoms with Crippen LogP contribution in [-0.4, -0.2) is 24.4 Å². The van der Waals surface area contributed by atoms with Gasteiger partial charge in [-0.3, -0.25) is 5.10 Å². The van der Waals surface area contributed by atoms with Gasteiger partial charge in [-0.15, -0.1) is 0 Å². The van der Waals surface area contributed by atoms with Crippen LogP contribution < -0.4 is 4.72 Å². The Kier molecular flexibility index (Phi) is 3.75. The van der Waals surface area contributed by atoms with Crippen LogP contribution in [0.1, 0.15) is 39.3 Å². The number of nitrogens with one attached hydrogen (secondary N) is 2. The molecule has 1 aromatic heterocycles. The summed E-state index contributed by atoms with van der Waals surface area (Å²) in [6, 6.07) is -0.258. The Morgan fingerprint density at radius 2 is 2.12 bits per heavy atom. The Balaban J connectivity index is 2.67. The summed E-state index contributed by atoms with van der Waals surface area (Å²) in [5.41, 5.74) is 0.583. The summed E-state index contributed by atoms with van der Waals surface area (Å²) in [6.45, 7) is 7.49. The maximum absolute atomic E-state index is 11.8. The fourth-order valence-corrected chi connectivity index (χ4v) is 3.34. The normalized spacial score (nSPS) is 15.0. The molecule has 6 heteroatoms. The first-order valence-electron chi connectivity index (χ1n) is 5.18. The molecule has 0 saturated carbocycles. The monoisotopic (exact) mass is 245 g/mol. The van der Waals surface area contributed by atoms with Crippen LogP contribution in [0, 0.1) is 5.41 Å². The van der Waals surface area contributed by atoms with Gasteiger partial charge in [0.2, 0.25) is 10.0 Å². The zero-order chi connectivity index (χ0) is 12.4. The van der Waals surface area contributed by atoms with E-state index in [9.17, 15) is 8.42 Å². The Labute approximate surface area is 96.7 Å². The molecule has 0 aromatic carbocycles. The van der Waals surface area contributed by atoms with Gasteiger partial charge in [-0.25, -0.2) is 13.1 Å². The standard InChI is InChI=1S/C10H19N3O2S/c1-8(9-5-11-12-6-9)13-16(14,15)7-10(2,3)4/h5-6,8,13H,7H2,1-4H3,(H,11,12). The lowest BCUT2D eigenvalue weighted by molar-refractivity contribution is 0.455. The molecule has 16 heavy (non-hydrogen) atoms. The number of hydrogen-bond donors (Lipinski definition) is 2. The van der Waals surface area contributed by atoms with E-state index in [1.54, 1.807) is 19.3 Å². The van der Waals surface area contributed by atoms with Gasteiger partial charge in [-0.1, -0.05) is 20.8 Å². The summed E-state index contributed by atoms with van der Waals surface area (Å²) in [4.78, 5) is 0. The molecule has 0 aliphatic heterocycles. The first-order chi connectivity index (χ1) is 7.20. The molecule has 1 heterocycles. The summed E-state index contributed by atoms with van der Waals surface area (Å²) < 4.78 is 26.2. The predicted molar refractivity (Wildman–Crippen MR) is 63.4 cm³/mol. The minimum Gasteiger partial charge on any atom is -0.285 e. The summed E-state index contributed by atoms with van der Waals surface area (Å²) >= 11 is 0. The molecule has 1 aromatic rings. The van der Waals surface area contributed by atoms with Crippen LogP contribution in [0.3, 0.4) is 0 Å². The van der Waals surface area contributed by atoms with Crippen molar-refractivity contribution >= 4 is 10.0 Å². The molecule has 0 amide bonds. The van der Waals surface area contributed by atoms with Crippen molar-refractivity contribution in [3.8, 4) is 0 Å². The predicted octanol–water partition coefficient (Wildman–Crippen LogP) is 1.44. The first-order valence-corrected chi connectivity index (χ1v) is 6.83. The van der Waals surface area contributed by atoms with E-state index >= 15 is 0 Å². The van der Waals surface area contributed by atoms with E-state index in [0.29, 0.717) is 0 Å². The molecule has 0 saturated heterocycles. The maximum Gasteiger partial charge on any atom is 0.212 e. The molecule has 5 nitrogen and oxygen atoms in total. The van der Waals surface area contributed by atoms with Gasteiger partial charge in [0.05, 0.1) is 11.9 Å². The summed E-state index contributed by atoms with van der Waals surface area (Å²) in [5.74, 6) is 0.113. The Hall–Kier alpha value is -0.880. The van der Waals surface area contributed by atoms with E-state index in [1.165, 1.54) is 0 Å². The average molecular weight is 245 g/mol. The molecule has 0 fully saturated rings. The molecular formula is C10H19N3O2S. The van der Waals surface area contributed by atoms with Crippen molar-refractivity contribution in [1.82, 2.24) is 14.9 Å². The molecule has 0 bridgehead atoms. The first kappa shape index (κ1) is 13.2. The van der Waals surface area contributed by atoms with E-state index < -0.39 is 10.0 Å². The van der Waals surface area contributed by atoms with Gasteiger partial charge >= 0.3 is 0 Å². The van der Waals surface area contributed by atoms with Crippen LogP contribution in [0.15, 0.2) is 12.4 Å². The van der Waals surface area contributed by atoms with E-state index in [0.717, 1.165) is 5.56 Å². The Morgan fingerprint density at radius 1 is 1.50 bits per heavy atom. The lowest BCUT2D eigenvalue weighted by Crippen LogP contribution is -2.33. The number of aromatic nitrogens is 2. The van der Waals surface area contributed by atoms with Crippen LogP contribution in [0.5, 0.6) is 0 Å². The zero-order valence-corrected chi connectivity index (χ0v) is 10.9. The molecule has 92 valence electrons. The van der Waals surface area contributed by atoms with Crippen molar-refractivity contribution in [2.24, 2.45) is 5.41 Å². The van der Waals surface area contributed by atoms with Crippen molar-refractivity contribution in [2.45, 2.75) is 33.7 Å². The van der Waals surface area contributed by atoms with Crippen LogP contribution in [0.4, 0.5) is 0 Å². The molecule has 2 N–H and O–H groups in total. The SMILES string of the molecule is CC(NS(=O)(=O)CC(C)(C)C)c1cn[nH]c1. The molecule has 0 radical (unpaired) electrons. The second kappa shape index (κ2) is 4.55. The molecule has 1 rings (SSSR count). The van der Waals surface area contributed by atoms with E-state index in [2.05, 4.69) is 14.9 Å². The van der Waals surface area contributed by atoms with Crippen LogP contribution in [0.2, 0.25) is 0 Å². The Bertz CT molecular complexity index is 417. The number of rotatable bonds is 4. The second-order valence-corrected chi connectivity index (χ2v) is 6.94. The number of sulfonamides is 1. The van der Waals surface area contributed by atoms with Crippen LogP contribution >= 0.6 is 0 Å². The van der Waals surface area contributed by atoms with E-state index in [1.807, 2.05) is 20.8 Å². The summed E-state index contributed by atoms with van der Waals surface area (Å²) in [6.07, 6.45) is 3.30. The highest BCUT2D eigenvalue weighted by atomic mass is 32.2. The zero-order valence-electron chi connectivity index (χ0n) is 10.1. The number of aromatic amines is 1. The minimum atomic E-state index is -3.26. The number of H-pyrrole nitrogens is 1. The highest BCUT2D eigenvalue weighted by molar-refractivity contribution is 7.89. The van der Waals surface area contributed by atoms with Gasteiger partial charge < -0.3 is 0 Å². The lowest BCUT2D eigenvalue weighted by Gasteiger charge is -2.20. The smallest absolute Gasteiger partial charge is 0.212 e. The number of hydrogen-bond acceptors (Lipinski definition) is 3. The highest BCUT2D eigenvalue weighted by Gasteiger charge is 2.23. The minimum absolute atomic E-state index is 0.113. The number of nitrogens with zero attached hydrogens (tertiary/aromatic N) is 1. The summed E-state index contributed by atoms with van der Waals surface area (Å²) in [7, 11) is -3.26. The summed E-state index contributed by atoms with van der Waals surface area (Å²) in [5, 5.41) is 6.45. The molecule has 0 aliphatic rings. The topological polar surface area (TPSA) is 74.8 Å². The van der Waals surface area contributed by atoms with Crippen LogP contribution in [-0.2, 0) is 10.0 Å². The van der Waals surface area contributed by atoms with Gasteiger partial charge in [0.1, 0.15) is 0 Å². The van der Waals surface area contributed by atoms with Crippen molar-refractivity contribution in [3.05, 3.63) is 18.0 Å². The quantitative estimate of drug-likeness (QED) is 0.842. The average Bonchev–Trinajstić information content (AvgIpc) is 2.48. The van der Waals surface area contributed by atoms with E-state index in [-0.39, 0.29) is 17.2 Å². The fourth-order valence-electron chi connectivity index (χ4n) is 1.45. The molecule has 0 spiro atoms. The van der Waals surface area contributed by atoms with E-state index in [4.69, 9.17) is 0 Å². The van der Waals surface area contributed by atoms with Gasteiger partial charge in [0.25, 0.3) is 0 Å². The van der Waals surface area contributed by atoms with Crippen molar-refractivity contribution in [1.29, 1.82) is 0 Å². The van der Waals surface area contributed by atoms with Crippen molar-refractivity contribution < 1.29 is 8.42 Å². The Morgan fingerprint density at radius 3 is 2.56 bits per heavy atom. The molecule has 1 unspecified atom stereocenters. The molecule has 0 aliphatic carbocycles. The lowest BCUT2D eigenvalue weighted by atomic mass is 10.0. The largest absolute Gasteiger partial charge is 0.285 e. The molecular weight excluding hydrogens is 226 g/mol. The van der Waals surface area contributed by atoms with Gasteiger partial charge in [0.15, 0.2) is 0 Å². The fraction of sp³-hybridized carbons (Fsp3) is 0.700. The third-order valence-corrected chi connectivity index (χ3v) is 3.96. The highest BCUT2D eigenvalue weighted by Crippen LogP contribution is 2.18. The second-order valence-electron chi connectivity index (χ2n) is 5.19. The third kappa shape index (κ3) is 4.32. The van der Waals surface area contributed by atoms with Gasteiger partial charge in [-0.05, 0) is 12.3 Å².